The molecule has 1 fully saturated rings. The van der Waals surface area contributed by atoms with E-state index in [1.165, 1.54) is 32.1 Å². The Hall–Kier alpha value is -0.0400. The van der Waals surface area contributed by atoms with E-state index in [1.54, 1.807) is 0 Å². The van der Waals surface area contributed by atoms with Crippen LogP contribution in [0, 0.1) is 11.3 Å². The average Bonchev–Trinajstić information content (AvgIpc) is 2.20. The van der Waals surface area contributed by atoms with Gasteiger partial charge in [0.05, 0.1) is 0 Å². The number of nitrogens with one attached hydrogen (secondary N) is 1. The zero-order valence-corrected chi connectivity index (χ0v) is 11.3. The van der Waals surface area contributed by atoms with Crippen LogP contribution in [0.3, 0.4) is 0 Å². The molecule has 1 aliphatic carbocycles. The zero-order chi connectivity index (χ0) is 11.5. The Morgan fingerprint density at radius 1 is 1.20 bits per heavy atom. The summed E-state index contributed by atoms with van der Waals surface area (Å²) in [5.74, 6) is 0.805. The largest absolute Gasteiger partial charge is 0.311 e. The van der Waals surface area contributed by atoms with Crippen LogP contribution in [0.5, 0.6) is 0 Å². The highest BCUT2D eigenvalue weighted by atomic mass is 14.9. The first-order valence-corrected chi connectivity index (χ1v) is 6.70. The summed E-state index contributed by atoms with van der Waals surface area (Å²) in [7, 11) is 0. The van der Waals surface area contributed by atoms with Gasteiger partial charge in [0.1, 0.15) is 0 Å². The van der Waals surface area contributed by atoms with Crippen LogP contribution in [-0.2, 0) is 0 Å². The maximum Gasteiger partial charge on any atom is 0.00700 e. The molecule has 1 N–H and O–H groups in total. The van der Waals surface area contributed by atoms with Crippen molar-refractivity contribution in [2.24, 2.45) is 11.3 Å². The van der Waals surface area contributed by atoms with E-state index < -0.39 is 0 Å². The molecule has 2 atom stereocenters. The lowest BCUT2D eigenvalue weighted by Gasteiger charge is -2.37. The zero-order valence-electron chi connectivity index (χ0n) is 11.3. The average molecular weight is 211 g/mol. The molecule has 0 bridgehead atoms. The summed E-state index contributed by atoms with van der Waals surface area (Å²) >= 11 is 0. The smallest absolute Gasteiger partial charge is 0.00700 e. The van der Waals surface area contributed by atoms with E-state index in [-0.39, 0.29) is 0 Å². The van der Waals surface area contributed by atoms with Crippen LogP contribution in [0.25, 0.3) is 0 Å². The predicted molar refractivity (Wildman–Crippen MR) is 68.1 cm³/mol. The third-order valence-corrected chi connectivity index (χ3v) is 4.34. The molecular weight excluding hydrogens is 182 g/mol. The van der Waals surface area contributed by atoms with Gasteiger partial charge in [-0.05, 0) is 43.9 Å². The minimum atomic E-state index is 0.595. The van der Waals surface area contributed by atoms with Crippen LogP contribution in [0.2, 0.25) is 0 Å². The summed E-state index contributed by atoms with van der Waals surface area (Å²) in [5.41, 5.74) is 0.595. The van der Waals surface area contributed by atoms with Gasteiger partial charge < -0.3 is 5.32 Å². The maximum atomic E-state index is 3.81. The minimum Gasteiger partial charge on any atom is -0.311 e. The molecule has 0 aliphatic heterocycles. The van der Waals surface area contributed by atoms with Crippen molar-refractivity contribution in [2.75, 3.05) is 0 Å². The van der Waals surface area contributed by atoms with E-state index in [0.29, 0.717) is 11.5 Å². The molecule has 15 heavy (non-hydrogen) atoms. The van der Waals surface area contributed by atoms with E-state index in [9.17, 15) is 0 Å². The maximum absolute atomic E-state index is 3.81. The first-order valence-electron chi connectivity index (χ1n) is 6.70. The van der Waals surface area contributed by atoms with E-state index in [0.717, 1.165) is 12.0 Å². The van der Waals surface area contributed by atoms with Gasteiger partial charge in [-0.1, -0.05) is 34.1 Å². The van der Waals surface area contributed by atoms with E-state index in [4.69, 9.17) is 0 Å². The molecule has 0 saturated heterocycles. The Morgan fingerprint density at radius 3 is 2.20 bits per heavy atom. The fourth-order valence-corrected chi connectivity index (χ4v) is 2.46. The van der Waals surface area contributed by atoms with Crippen molar-refractivity contribution < 1.29 is 0 Å². The fraction of sp³-hybridized carbons (Fsp3) is 1.00. The SMILES string of the molecule is CCC(C)C(C)NC1CCC(C)(C)CC1. The number of hydrogen-bond acceptors (Lipinski definition) is 1. The van der Waals surface area contributed by atoms with Crippen molar-refractivity contribution >= 4 is 0 Å². The van der Waals surface area contributed by atoms with Crippen LogP contribution >= 0.6 is 0 Å². The Labute approximate surface area is 96.0 Å². The van der Waals surface area contributed by atoms with Gasteiger partial charge in [-0.15, -0.1) is 0 Å². The van der Waals surface area contributed by atoms with Crippen molar-refractivity contribution in [3.63, 3.8) is 0 Å². The summed E-state index contributed by atoms with van der Waals surface area (Å²) in [4.78, 5) is 0. The molecule has 0 aromatic carbocycles. The summed E-state index contributed by atoms with van der Waals surface area (Å²) in [5, 5.41) is 3.81. The molecule has 0 aromatic rings. The number of rotatable bonds is 4. The quantitative estimate of drug-likeness (QED) is 0.741. The monoisotopic (exact) mass is 211 g/mol. The van der Waals surface area contributed by atoms with Gasteiger partial charge in [0.2, 0.25) is 0 Å². The van der Waals surface area contributed by atoms with Crippen LogP contribution in [0.15, 0.2) is 0 Å². The van der Waals surface area contributed by atoms with Gasteiger partial charge in [0, 0.05) is 12.1 Å². The van der Waals surface area contributed by atoms with Crippen molar-refractivity contribution in [1.29, 1.82) is 0 Å². The number of hydrogen-bond donors (Lipinski definition) is 1. The molecule has 1 saturated carbocycles. The van der Waals surface area contributed by atoms with Crippen LogP contribution < -0.4 is 5.32 Å². The second-order valence-electron chi connectivity index (χ2n) is 6.28. The van der Waals surface area contributed by atoms with Crippen molar-refractivity contribution in [3.8, 4) is 0 Å². The molecule has 1 nitrogen and oxygen atoms in total. The molecule has 0 amide bonds. The Kier molecular flexibility index (Phi) is 4.64. The highest BCUT2D eigenvalue weighted by Crippen LogP contribution is 2.35. The fourth-order valence-electron chi connectivity index (χ4n) is 2.46. The van der Waals surface area contributed by atoms with Crippen molar-refractivity contribution in [3.05, 3.63) is 0 Å². The van der Waals surface area contributed by atoms with Gasteiger partial charge in [-0.3, -0.25) is 0 Å². The third-order valence-electron chi connectivity index (χ3n) is 4.34. The lowest BCUT2D eigenvalue weighted by molar-refractivity contribution is 0.191. The van der Waals surface area contributed by atoms with E-state index in [2.05, 4.69) is 39.9 Å². The van der Waals surface area contributed by atoms with Crippen LogP contribution in [0.1, 0.15) is 66.7 Å². The minimum absolute atomic E-state index is 0.595. The summed E-state index contributed by atoms with van der Waals surface area (Å²) in [6, 6.07) is 1.46. The topological polar surface area (TPSA) is 12.0 Å². The summed E-state index contributed by atoms with van der Waals surface area (Å²) in [6.07, 6.45) is 6.80. The second kappa shape index (κ2) is 5.34. The third kappa shape index (κ3) is 4.14. The molecular formula is C14H29N. The molecule has 0 radical (unpaired) electrons. The van der Waals surface area contributed by atoms with E-state index >= 15 is 0 Å². The summed E-state index contributed by atoms with van der Waals surface area (Å²) in [6.45, 7) is 11.8. The Balaban J connectivity index is 2.29. The molecule has 1 aliphatic rings. The van der Waals surface area contributed by atoms with Crippen LogP contribution in [0.4, 0.5) is 0 Å². The molecule has 90 valence electrons. The van der Waals surface area contributed by atoms with Crippen molar-refractivity contribution in [1.82, 2.24) is 5.32 Å². The molecule has 1 heteroatoms. The molecule has 0 aromatic heterocycles. The second-order valence-corrected chi connectivity index (χ2v) is 6.28. The molecule has 2 unspecified atom stereocenters. The Morgan fingerprint density at radius 2 is 1.73 bits per heavy atom. The normalized spacial score (nSPS) is 26.2. The summed E-state index contributed by atoms with van der Waals surface area (Å²) < 4.78 is 0. The molecule has 1 rings (SSSR count). The molecule has 0 heterocycles. The lowest BCUT2D eigenvalue weighted by atomic mass is 9.75. The standard InChI is InChI=1S/C14H29N/c1-6-11(2)12(3)15-13-7-9-14(4,5)10-8-13/h11-13,15H,6-10H2,1-5H3. The van der Waals surface area contributed by atoms with Gasteiger partial charge in [0.25, 0.3) is 0 Å². The highest BCUT2D eigenvalue weighted by Gasteiger charge is 2.27. The Bertz CT molecular complexity index is 176. The lowest BCUT2D eigenvalue weighted by Crippen LogP contribution is -2.43. The first kappa shape index (κ1) is 13.0. The predicted octanol–water partition coefficient (Wildman–Crippen LogP) is 3.98. The first-order chi connectivity index (χ1) is 6.94. The molecule has 0 spiro atoms. The highest BCUT2D eigenvalue weighted by molar-refractivity contribution is 4.84. The van der Waals surface area contributed by atoms with Gasteiger partial charge in [0.15, 0.2) is 0 Å². The van der Waals surface area contributed by atoms with Gasteiger partial charge in [-0.2, -0.15) is 0 Å². The van der Waals surface area contributed by atoms with Crippen LogP contribution in [-0.4, -0.2) is 12.1 Å². The van der Waals surface area contributed by atoms with Gasteiger partial charge in [-0.25, -0.2) is 0 Å². The van der Waals surface area contributed by atoms with E-state index in [1.807, 2.05) is 0 Å². The van der Waals surface area contributed by atoms with Crippen molar-refractivity contribution in [2.45, 2.75) is 78.8 Å². The van der Waals surface area contributed by atoms with Gasteiger partial charge >= 0.3 is 0 Å².